The predicted octanol–water partition coefficient (Wildman–Crippen LogP) is 2.03. The molecular formula is C14H17N5O3S. The third-order valence-corrected chi connectivity index (χ3v) is 4.73. The first-order valence-corrected chi connectivity index (χ1v) is 8.07. The molecule has 122 valence electrons. The standard InChI is InChI=1S/C14H17N5O3S/c1-18-8-15-17-12(18)10-4-3-6-19(10)14(21)16-9-5-7-23-11(9)13(20)22-2/h5,7-8,10H,3-4,6H2,1-2H3,(H,16,21)/t10-/m0/s1. The summed E-state index contributed by atoms with van der Waals surface area (Å²) in [6, 6.07) is 1.34. The molecule has 0 bridgehead atoms. The van der Waals surface area contributed by atoms with E-state index in [0.29, 0.717) is 17.1 Å². The van der Waals surface area contributed by atoms with Crippen molar-refractivity contribution < 1.29 is 14.3 Å². The van der Waals surface area contributed by atoms with Crippen LogP contribution in [-0.2, 0) is 11.8 Å². The summed E-state index contributed by atoms with van der Waals surface area (Å²) < 4.78 is 6.54. The Bertz CT molecular complexity index is 726. The number of hydrogen-bond donors (Lipinski definition) is 1. The van der Waals surface area contributed by atoms with Gasteiger partial charge in [-0.25, -0.2) is 9.59 Å². The van der Waals surface area contributed by atoms with E-state index in [1.165, 1.54) is 18.4 Å². The minimum Gasteiger partial charge on any atom is -0.465 e. The number of nitrogens with one attached hydrogen (secondary N) is 1. The summed E-state index contributed by atoms with van der Waals surface area (Å²) in [6.45, 7) is 0.640. The average molecular weight is 335 g/mol. The highest BCUT2D eigenvalue weighted by molar-refractivity contribution is 7.12. The first-order valence-electron chi connectivity index (χ1n) is 7.19. The normalized spacial score (nSPS) is 17.3. The second kappa shape index (κ2) is 6.37. The fourth-order valence-corrected chi connectivity index (χ4v) is 3.48. The molecule has 0 spiro atoms. The molecule has 2 amide bonds. The molecule has 0 aliphatic carbocycles. The number of carbonyl (C=O) groups is 2. The average Bonchev–Trinajstić information content (AvgIpc) is 3.25. The van der Waals surface area contributed by atoms with Crippen LogP contribution in [-0.4, -0.2) is 45.3 Å². The lowest BCUT2D eigenvalue weighted by Gasteiger charge is -2.24. The van der Waals surface area contributed by atoms with Crippen molar-refractivity contribution in [3.8, 4) is 0 Å². The summed E-state index contributed by atoms with van der Waals surface area (Å²) in [5.41, 5.74) is 0.468. The van der Waals surface area contributed by atoms with E-state index in [2.05, 4.69) is 15.5 Å². The molecule has 0 saturated carbocycles. The van der Waals surface area contributed by atoms with Gasteiger partial charge < -0.3 is 19.5 Å². The number of aromatic nitrogens is 3. The Morgan fingerprint density at radius 2 is 2.30 bits per heavy atom. The first kappa shape index (κ1) is 15.5. The van der Waals surface area contributed by atoms with Gasteiger partial charge in [0.05, 0.1) is 18.8 Å². The Morgan fingerprint density at radius 3 is 3.00 bits per heavy atom. The molecule has 1 aliphatic heterocycles. The molecule has 1 N–H and O–H groups in total. The van der Waals surface area contributed by atoms with E-state index >= 15 is 0 Å². The van der Waals surface area contributed by atoms with E-state index in [1.807, 2.05) is 11.6 Å². The van der Waals surface area contributed by atoms with Gasteiger partial charge in [0.1, 0.15) is 11.2 Å². The first-order chi connectivity index (χ1) is 11.1. The highest BCUT2D eigenvalue weighted by Gasteiger charge is 2.33. The maximum atomic E-state index is 12.6. The van der Waals surface area contributed by atoms with Gasteiger partial charge in [-0.05, 0) is 24.3 Å². The van der Waals surface area contributed by atoms with Gasteiger partial charge in [0.15, 0.2) is 5.82 Å². The van der Waals surface area contributed by atoms with Crippen molar-refractivity contribution in [2.75, 3.05) is 19.0 Å². The van der Waals surface area contributed by atoms with Crippen molar-refractivity contribution in [3.63, 3.8) is 0 Å². The molecule has 8 nitrogen and oxygen atoms in total. The third-order valence-electron chi connectivity index (χ3n) is 3.84. The maximum Gasteiger partial charge on any atom is 0.350 e. The summed E-state index contributed by atoms with van der Waals surface area (Å²) in [6.07, 6.45) is 3.36. The number of anilines is 1. The Morgan fingerprint density at radius 1 is 1.48 bits per heavy atom. The number of hydrogen-bond acceptors (Lipinski definition) is 6. The Kier molecular flexibility index (Phi) is 4.28. The molecule has 23 heavy (non-hydrogen) atoms. The number of carbonyl (C=O) groups excluding carboxylic acids is 2. The topological polar surface area (TPSA) is 89.3 Å². The van der Waals surface area contributed by atoms with Crippen LogP contribution in [0.1, 0.15) is 34.4 Å². The molecule has 2 aromatic heterocycles. The molecule has 3 rings (SSSR count). The highest BCUT2D eigenvalue weighted by atomic mass is 32.1. The molecule has 1 aliphatic rings. The summed E-state index contributed by atoms with van der Waals surface area (Å²) in [4.78, 5) is 26.4. The Balaban J connectivity index is 1.77. The highest BCUT2D eigenvalue weighted by Crippen LogP contribution is 2.31. The van der Waals surface area contributed by atoms with E-state index < -0.39 is 5.97 Å². The van der Waals surface area contributed by atoms with E-state index in [9.17, 15) is 9.59 Å². The number of likely N-dealkylation sites (tertiary alicyclic amines) is 1. The van der Waals surface area contributed by atoms with Crippen LogP contribution < -0.4 is 5.32 Å². The van der Waals surface area contributed by atoms with E-state index in [1.54, 1.807) is 22.7 Å². The van der Waals surface area contributed by atoms with Crippen molar-refractivity contribution in [2.24, 2.45) is 7.05 Å². The minimum absolute atomic E-state index is 0.109. The van der Waals surface area contributed by atoms with Crippen molar-refractivity contribution in [3.05, 3.63) is 28.5 Å². The molecular weight excluding hydrogens is 318 g/mol. The summed E-state index contributed by atoms with van der Waals surface area (Å²) in [7, 11) is 3.18. The lowest BCUT2D eigenvalue weighted by atomic mass is 10.2. The van der Waals surface area contributed by atoms with Crippen LogP contribution in [0.15, 0.2) is 17.8 Å². The van der Waals surface area contributed by atoms with Gasteiger partial charge in [-0.15, -0.1) is 21.5 Å². The maximum absolute atomic E-state index is 12.6. The van der Waals surface area contributed by atoms with Crippen LogP contribution in [0.4, 0.5) is 10.5 Å². The van der Waals surface area contributed by atoms with Gasteiger partial charge in [0, 0.05) is 13.6 Å². The van der Waals surface area contributed by atoms with Crippen LogP contribution in [0.25, 0.3) is 0 Å². The predicted molar refractivity (Wildman–Crippen MR) is 84.4 cm³/mol. The summed E-state index contributed by atoms with van der Waals surface area (Å²) in [5, 5.41) is 12.5. The molecule has 1 fully saturated rings. The lowest BCUT2D eigenvalue weighted by Crippen LogP contribution is -2.35. The monoisotopic (exact) mass is 335 g/mol. The Hall–Kier alpha value is -2.42. The summed E-state index contributed by atoms with van der Waals surface area (Å²) >= 11 is 1.23. The van der Waals surface area contributed by atoms with Gasteiger partial charge in [0.25, 0.3) is 0 Å². The molecule has 0 radical (unpaired) electrons. The lowest BCUT2D eigenvalue weighted by molar-refractivity contribution is 0.0607. The zero-order valence-corrected chi connectivity index (χ0v) is 13.7. The fourth-order valence-electron chi connectivity index (χ4n) is 2.72. The Labute approximate surface area is 137 Å². The number of rotatable bonds is 3. The molecule has 0 aromatic carbocycles. The zero-order chi connectivity index (χ0) is 16.4. The molecule has 1 saturated heterocycles. The van der Waals surface area contributed by atoms with E-state index in [-0.39, 0.29) is 12.1 Å². The van der Waals surface area contributed by atoms with Crippen molar-refractivity contribution in [2.45, 2.75) is 18.9 Å². The number of aryl methyl sites for hydroxylation is 1. The van der Waals surface area contributed by atoms with Crippen molar-refractivity contribution in [1.82, 2.24) is 19.7 Å². The number of amides is 2. The quantitative estimate of drug-likeness (QED) is 0.867. The number of urea groups is 1. The van der Waals surface area contributed by atoms with Gasteiger partial charge in [-0.2, -0.15) is 0 Å². The third kappa shape index (κ3) is 2.91. The van der Waals surface area contributed by atoms with Gasteiger partial charge in [-0.1, -0.05) is 0 Å². The summed E-state index contributed by atoms with van der Waals surface area (Å²) in [5.74, 6) is 0.303. The number of methoxy groups -OCH3 is 1. The number of ether oxygens (including phenoxy) is 1. The SMILES string of the molecule is COC(=O)c1sccc1NC(=O)N1CCC[C@H]1c1nncn1C. The van der Waals surface area contributed by atoms with Crippen LogP contribution >= 0.6 is 11.3 Å². The van der Waals surface area contributed by atoms with Crippen molar-refractivity contribution in [1.29, 1.82) is 0 Å². The molecule has 2 aromatic rings. The van der Waals surface area contributed by atoms with Crippen LogP contribution in [0.3, 0.4) is 0 Å². The largest absolute Gasteiger partial charge is 0.465 e. The van der Waals surface area contributed by atoms with Gasteiger partial charge in [-0.3, -0.25) is 0 Å². The number of thiophene rings is 1. The van der Waals surface area contributed by atoms with Gasteiger partial charge >= 0.3 is 12.0 Å². The minimum atomic E-state index is -0.457. The van der Waals surface area contributed by atoms with E-state index in [4.69, 9.17) is 4.74 Å². The molecule has 9 heteroatoms. The second-order valence-electron chi connectivity index (χ2n) is 5.24. The van der Waals surface area contributed by atoms with Crippen LogP contribution in [0.5, 0.6) is 0 Å². The van der Waals surface area contributed by atoms with Crippen molar-refractivity contribution >= 4 is 29.0 Å². The van der Waals surface area contributed by atoms with Gasteiger partial charge in [0.2, 0.25) is 0 Å². The molecule has 0 unspecified atom stereocenters. The number of esters is 1. The molecule has 1 atom stereocenters. The molecule has 3 heterocycles. The number of nitrogens with zero attached hydrogens (tertiary/aromatic N) is 4. The second-order valence-corrected chi connectivity index (χ2v) is 6.15. The smallest absolute Gasteiger partial charge is 0.350 e. The fraction of sp³-hybridized carbons (Fsp3) is 0.429. The van der Waals surface area contributed by atoms with Crippen LogP contribution in [0, 0.1) is 0 Å². The van der Waals surface area contributed by atoms with E-state index in [0.717, 1.165) is 18.7 Å². The zero-order valence-electron chi connectivity index (χ0n) is 12.9. The van der Waals surface area contributed by atoms with Crippen LogP contribution in [0.2, 0.25) is 0 Å².